The summed E-state index contributed by atoms with van der Waals surface area (Å²) in [6.07, 6.45) is -5.08. The van der Waals surface area contributed by atoms with Crippen molar-refractivity contribution in [3.63, 3.8) is 0 Å². The Labute approximate surface area is 115 Å². The highest BCUT2D eigenvalue weighted by Crippen LogP contribution is 2.30. The van der Waals surface area contributed by atoms with Crippen LogP contribution < -0.4 is 0 Å². The number of nitrogens with zero attached hydrogens (tertiary/aromatic N) is 1. The lowest BCUT2D eigenvalue weighted by Gasteiger charge is -2.18. The first-order chi connectivity index (χ1) is 9.05. The van der Waals surface area contributed by atoms with Crippen LogP contribution in [0.5, 0.6) is 0 Å². The summed E-state index contributed by atoms with van der Waals surface area (Å²) in [5.41, 5.74) is -1.01. The van der Waals surface area contributed by atoms with Gasteiger partial charge in [0, 0.05) is 13.6 Å². The highest BCUT2D eigenvalue weighted by atomic mass is 32.2. The fraction of sp³-hybridized carbons (Fsp3) is 0.500. The Kier molecular flexibility index (Phi) is 5.17. The molecule has 4 nitrogen and oxygen atoms in total. The number of sulfonamides is 1. The van der Waals surface area contributed by atoms with Gasteiger partial charge in [0.2, 0.25) is 10.0 Å². The molecule has 0 aliphatic heterocycles. The van der Waals surface area contributed by atoms with E-state index in [1.54, 1.807) is 0 Å². The molecule has 20 heavy (non-hydrogen) atoms. The summed E-state index contributed by atoms with van der Waals surface area (Å²) in [7, 11) is -2.73. The quantitative estimate of drug-likeness (QED) is 0.906. The van der Waals surface area contributed by atoms with Crippen LogP contribution in [0.3, 0.4) is 0 Å². The van der Waals surface area contributed by atoms with Crippen molar-refractivity contribution in [3.8, 4) is 0 Å². The van der Waals surface area contributed by atoms with Crippen LogP contribution >= 0.6 is 0 Å². The first-order valence-corrected chi connectivity index (χ1v) is 7.31. The molecule has 1 unspecified atom stereocenters. The van der Waals surface area contributed by atoms with Gasteiger partial charge in [-0.05, 0) is 31.5 Å². The molecule has 1 aromatic rings. The smallest absolute Gasteiger partial charge is 0.393 e. The Morgan fingerprint density at radius 2 is 1.95 bits per heavy atom. The third kappa shape index (κ3) is 4.19. The van der Waals surface area contributed by atoms with Crippen LogP contribution in [-0.4, -0.2) is 37.5 Å². The van der Waals surface area contributed by atoms with Crippen molar-refractivity contribution in [2.45, 2.75) is 30.5 Å². The number of aliphatic hydroxyl groups is 1. The van der Waals surface area contributed by atoms with Crippen molar-refractivity contribution in [1.29, 1.82) is 0 Å². The molecule has 1 aromatic carbocycles. The van der Waals surface area contributed by atoms with E-state index in [9.17, 15) is 21.6 Å². The van der Waals surface area contributed by atoms with Gasteiger partial charge < -0.3 is 5.11 Å². The minimum atomic E-state index is -4.59. The average molecular weight is 311 g/mol. The van der Waals surface area contributed by atoms with E-state index in [1.165, 1.54) is 14.0 Å². The molecule has 8 heteroatoms. The molecule has 0 saturated carbocycles. The second-order valence-corrected chi connectivity index (χ2v) is 6.53. The summed E-state index contributed by atoms with van der Waals surface area (Å²) in [6.45, 7) is 1.53. The van der Waals surface area contributed by atoms with Gasteiger partial charge in [-0.2, -0.15) is 13.2 Å². The lowest BCUT2D eigenvalue weighted by atomic mass is 10.2. The first-order valence-electron chi connectivity index (χ1n) is 5.87. The van der Waals surface area contributed by atoms with E-state index in [0.717, 1.165) is 22.5 Å². The SMILES string of the molecule is CC(O)CCN(C)S(=O)(=O)c1cccc(C(F)(F)F)c1. The van der Waals surface area contributed by atoms with Crippen LogP contribution in [-0.2, 0) is 16.2 Å². The second kappa shape index (κ2) is 6.11. The fourth-order valence-corrected chi connectivity index (χ4v) is 2.73. The van der Waals surface area contributed by atoms with Crippen molar-refractivity contribution < 1.29 is 26.7 Å². The number of hydrogen-bond donors (Lipinski definition) is 1. The minimum Gasteiger partial charge on any atom is -0.393 e. The van der Waals surface area contributed by atoms with E-state index in [1.807, 2.05) is 0 Å². The maximum absolute atomic E-state index is 12.6. The summed E-state index contributed by atoms with van der Waals surface area (Å²) in [6, 6.07) is 3.59. The Balaban J connectivity index is 3.04. The molecule has 1 N–H and O–H groups in total. The van der Waals surface area contributed by atoms with Crippen LogP contribution in [0.1, 0.15) is 18.9 Å². The molecule has 0 aromatic heterocycles. The summed E-state index contributed by atoms with van der Waals surface area (Å²) >= 11 is 0. The maximum Gasteiger partial charge on any atom is 0.416 e. The van der Waals surface area contributed by atoms with Gasteiger partial charge in [-0.25, -0.2) is 12.7 Å². The van der Waals surface area contributed by atoms with Gasteiger partial charge in [0.1, 0.15) is 0 Å². The van der Waals surface area contributed by atoms with Crippen LogP contribution in [0.15, 0.2) is 29.2 Å². The summed E-state index contributed by atoms with van der Waals surface area (Å²) in [5, 5.41) is 9.12. The van der Waals surface area contributed by atoms with Gasteiger partial charge in [0.05, 0.1) is 16.6 Å². The van der Waals surface area contributed by atoms with Crippen LogP contribution in [0.4, 0.5) is 13.2 Å². The number of halogens is 3. The van der Waals surface area contributed by atoms with E-state index in [0.29, 0.717) is 6.07 Å². The summed E-state index contributed by atoms with van der Waals surface area (Å²) in [4.78, 5) is -0.416. The molecule has 0 aliphatic carbocycles. The highest BCUT2D eigenvalue weighted by Gasteiger charge is 2.32. The normalized spacial score (nSPS) is 14.6. The highest BCUT2D eigenvalue weighted by molar-refractivity contribution is 7.89. The van der Waals surface area contributed by atoms with Gasteiger partial charge >= 0.3 is 6.18 Å². The van der Waals surface area contributed by atoms with E-state index in [4.69, 9.17) is 5.11 Å². The topological polar surface area (TPSA) is 57.6 Å². The summed E-state index contributed by atoms with van der Waals surface area (Å²) in [5.74, 6) is 0. The molecule has 0 spiro atoms. The Hall–Kier alpha value is -1.12. The van der Waals surface area contributed by atoms with E-state index in [2.05, 4.69) is 0 Å². The number of aliphatic hydroxyl groups excluding tert-OH is 1. The summed E-state index contributed by atoms with van der Waals surface area (Å²) < 4.78 is 62.8. The van der Waals surface area contributed by atoms with E-state index in [-0.39, 0.29) is 13.0 Å². The van der Waals surface area contributed by atoms with Crippen molar-refractivity contribution >= 4 is 10.0 Å². The van der Waals surface area contributed by atoms with Gasteiger partial charge in [-0.3, -0.25) is 0 Å². The first kappa shape index (κ1) is 16.9. The number of alkyl halides is 3. The minimum absolute atomic E-state index is 0.0241. The van der Waals surface area contributed by atoms with E-state index >= 15 is 0 Å². The van der Waals surface area contributed by atoms with Crippen LogP contribution in [0.2, 0.25) is 0 Å². The number of hydrogen-bond acceptors (Lipinski definition) is 3. The van der Waals surface area contributed by atoms with Crippen LogP contribution in [0.25, 0.3) is 0 Å². The standard InChI is InChI=1S/C12H16F3NO3S/c1-9(17)6-7-16(2)20(18,19)11-5-3-4-10(8-11)12(13,14)15/h3-5,8-9,17H,6-7H2,1-2H3. The van der Waals surface area contributed by atoms with Crippen molar-refractivity contribution in [2.75, 3.05) is 13.6 Å². The zero-order valence-electron chi connectivity index (χ0n) is 11.1. The molecule has 0 radical (unpaired) electrons. The average Bonchev–Trinajstić information content (AvgIpc) is 2.34. The van der Waals surface area contributed by atoms with Crippen molar-refractivity contribution in [3.05, 3.63) is 29.8 Å². The lowest BCUT2D eigenvalue weighted by Crippen LogP contribution is -2.29. The molecule has 0 amide bonds. The zero-order chi connectivity index (χ0) is 15.6. The zero-order valence-corrected chi connectivity index (χ0v) is 11.9. The van der Waals surface area contributed by atoms with Crippen LogP contribution in [0, 0.1) is 0 Å². The molecule has 0 bridgehead atoms. The molecule has 114 valence electrons. The third-order valence-electron chi connectivity index (χ3n) is 2.73. The third-order valence-corrected chi connectivity index (χ3v) is 4.58. The predicted octanol–water partition coefficient (Wildman–Crippen LogP) is 2.10. The Bertz CT molecular complexity index is 555. The Morgan fingerprint density at radius 3 is 2.45 bits per heavy atom. The predicted molar refractivity (Wildman–Crippen MR) is 67.6 cm³/mol. The fourth-order valence-electron chi connectivity index (χ4n) is 1.50. The lowest BCUT2D eigenvalue weighted by molar-refractivity contribution is -0.137. The van der Waals surface area contributed by atoms with Gasteiger partial charge in [-0.1, -0.05) is 6.07 Å². The number of benzene rings is 1. The van der Waals surface area contributed by atoms with E-state index < -0.39 is 32.8 Å². The largest absolute Gasteiger partial charge is 0.416 e. The maximum atomic E-state index is 12.6. The molecule has 1 rings (SSSR count). The molecule has 0 saturated heterocycles. The van der Waals surface area contributed by atoms with Crippen molar-refractivity contribution in [2.24, 2.45) is 0 Å². The van der Waals surface area contributed by atoms with Gasteiger partial charge in [0.15, 0.2) is 0 Å². The van der Waals surface area contributed by atoms with Crippen molar-refractivity contribution in [1.82, 2.24) is 4.31 Å². The molecule has 0 heterocycles. The molecule has 0 aliphatic rings. The second-order valence-electron chi connectivity index (χ2n) is 4.49. The van der Waals surface area contributed by atoms with Gasteiger partial charge in [0.25, 0.3) is 0 Å². The number of rotatable bonds is 5. The monoisotopic (exact) mass is 311 g/mol. The molecule has 0 fully saturated rings. The van der Waals surface area contributed by atoms with Gasteiger partial charge in [-0.15, -0.1) is 0 Å². The molecular formula is C12H16F3NO3S. The molecular weight excluding hydrogens is 295 g/mol. The molecule has 1 atom stereocenters. The Morgan fingerprint density at radius 1 is 1.35 bits per heavy atom.